The first kappa shape index (κ1) is 14.6. The van der Waals surface area contributed by atoms with E-state index in [1.54, 1.807) is 14.2 Å². The lowest BCUT2D eigenvalue weighted by molar-refractivity contribution is -0.117. The van der Waals surface area contributed by atoms with E-state index in [9.17, 15) is 4.79 Å². The molecule has 0 radical (unpaired) electrons. The number of amides is 1. The smallest absolute Gasteiger partial charge is 0.246 e. The van der Waals surface area contributed by atoms with Crippen LogP contribution in [0.25, 0.3) is 0 Å². The van der Waals surface area contributed by atoms with Crippen molar-refractivity contribution in [2.24, 2.45) is 5.92 Å². The molecule has 2 rings (SSSR count). The van der Waals surface area contributed by atoms with E-state index in [-0.39, 0.29) is 5.91 Å². The summed E-state index contributed by atoms with van der Waals surface area (Å²) < 4.78 is 5.16. The van der Waals surface area contributed by atoms with Crippen molar-refractivity contribution in [3.05, 3.63) is 41.5 Å². The molecule has 1 aliphatic carbocycles. The van der Waals surface area contributed by atoms with Crippen molar-refractivity contribution in [3.63, 3.8) is 0 Å². The van der Waals surface area contributed by atoms with Gasteiger partial charge in [-0.05, 0) is 55.7 Å². The number of hydrogen-bond donors (Lipinski definition) is 1. The van der Waals surface area contributed by atoms with Crippen molar-refractivity contribution in [2.75, 3.05) is 14.2 Å². The molecule has 0 aliphatic heterocycles. The van der Waals surface area contributed by atoms with Gasteiger partial charge in [0.05, 0.1) is 7.11 Å². The maximum atomic E-state index is 11.7. The molecule has 0 aromatic heterocycles. The van der Waals surface area contributed by atoms with Crippen molar-refractivity contribution < 1.29 is 9.53 Å². The quantitative estimate of drug-likeness (QED) is 0.895. The number of aryl methyl sites for hydroxylation is 1. The molecule has 1 atom stereocenters. The highest BCUT2D eigenvalue weighted by Crippen LogP contribution is 2.26. The number of nitrogens with one attached hydrogen (secondary N) is 1. The summed E-state index contributed by atoms with van der Waals surface area (Å²) >= 11 is 0. The SMILES string of the molecule is CNC(=O)C1=CC(CCc2ccc(OC)cc2)CCC1. The van der Waals surface area contributed by atoms with Crippen molar-refractivity contribution >= 4 is 5.91 Å². The van der Waals surface area contributed by atoms with Crippen LogP contribution in [0.5, 0.6) is 5.75 Å². The maximum Gasteiger partial charge on any atom is 0.246 e. The van der Waals surface area contributed by atoms with E-state index in [1.807, 2.05) is 12.1 Å². The van der Waals surface area contributed by atoms with E-state index >= 15 is 0 Å². The van der Waals surface area contributed by atoms with Gasteiger partial charge in [-0.15, -0.1) is 0 Å². The zero-order chi connectivity index (χ0) is 14.4. The summed E-state index contributed by atoms with van der Waals surface area (Å²) in [7, 11) is 3.38. The molecule has 3 heteroatoms. The van der Waals surface area contributed by atoms with Crippen LogP contribution in [0.1, 0.15) is 31.2 Å². The van der Waals surface area contributed by atoms with Gasteiger partial charge in [-0.25, -0.2) is 0 Å². The van der Waals surface area contributed by atoms with Gasteiger partial charge in [-0.1, -0.05) is 18.2 Å². The Labute approximate surface area is 121 Å². The molecule has 0 spiro atoms. The number of methoxy groups -OCH3 is 1. The van der Waals surface area contributed by atoms with Crippen molar-refractivity contribution in [2.45, 2.75) is 32.1 Å². The summed E-state index contributed by atoms with van der Waals surface area (Å²) in [6.07, 6.45) is 7.55. The molecule has 1 unspecified atom stereocenters. The minimum atomic E-state index is 0.0825. The molecule has 1 aliphatic rings. The van der Waals surface area contributed by atoms with Crippen molar-refractivity contribution in [1.29, 1.82) is 0 Å². The van der Waals surface area contributed by atoms with Crippen LogP contribution in [-0.2, 0) is 11.2 Å². The van der Waals surface area contributed by atoms with Crippen LogP contribution < -0.4 is 10.1 Å². The minimum absolute atomic E-state index is 0.0825. The fraction of sp³-hybridized carbons (Fsp3) is 0.471. The van der Waals surface area contributed by atoms with Crippen LogP contribution in [0.15, 0.2) is 35.9 Å². The van der Waals surface area contributed by atoms with Gasteiger partial charge in [0, 0.05) is 12.6 Å². The Hall–Kier alpha value is -1.77. The third kappa shape index (κ3) is 3.86. The molecule has 3 nitrogen and oxygen atoms in total. The number of likely N-dealkylation sites (N-methyl/N-ethyl adjacent to an activating group) is 1. The second kappa shape index (κ2) is 7.13. The van der Waals surface area contributed by atoms with Crippen LogP contribution in [-0.4, -0.2) is 20.1 Å². The molecule has 108 valence electrons. The van der Waals surface area contributed by atoms with E-state index < -0.39 is 0 Å². The molecule has 0 heterocycles. The summed E-state index contributed by atoms with van der Waals surface area (Å²) in [5.41, 5.74) is 2.28. The van der Waals surface area contributed by atoms with Crippen molar-refractivity contribution in [3.8, 4) is 5.75 Å². The fourth-order valence-electron chi connectivity index (χ4n) is 2.73. The highest BCUT2D eigenvalue weighted by atomic mass is 16.5. The molecule has 1 aromatic carbocycles. The van der Waals surface area contributed by atoms with Gasteiger partial charge in [0.2, 0.25) is 5.91 Å². The molecule has 1 amide bonds. The number of hydrogen-bond acceptors (Lipinski definition) is 2. The van der Waals surface area contributed by atoms with E-state index in [4.69, 9.17) is 4.74 Å². The number of ether oxygens (including phenoxy) is 1. The molecule has 1 N–H and O–H groups in total. The van der Waals surface area contributed by atoms with Gasteiger partial charge in [0.15, 0.2) is 0 Å². The van der Waals surface area contributed by atoms with Gasteiger partial charge < -0.3 is 10.1 Å². The van der Waals surface area contributed by atoms with E-state index in [0.29, 0.717) is 5.92 Å². The predicted molar refractivity (Wildman–Crippen MR) is 80.8 cm³/mol. The Bertz CT molecular complexity index is 476. The molecule has 1 aromatic rings. The predicted octanol–water partition coefficient (Wildman–Crippen LogP) is 3.10. The lowest BCUT2D eigenvalue weighted by Crippen LogP contribution is -2.22. The Morgan fingerprint density at radius 3 is 2.75 bits per heavy atom. The molecular weight excluding hydrogens is 250 g/mol. The molecule has 20 heavy (non-hydrogen) atoms. The van der Waals surface area contributed by atoms with E-state index in [1.165, 1.54) is 12.0 Å². The number of carbonyl (C=O) groups excluding carboxylic acids is 1. The lowest BCUT2D eigenvalue weighted by Gasteiger charge is -2.20. The number of carbonyl (C=O) groups is 1. The molecular formula is C17H23NO2. The standard InChI is InChI=1S/C17H23NO2/c1-18-17(19)15-5-3-4-14(12-15)7-6-13-8-10-16(20-2)11-9-13/h8-12,14H,3-7H2,1-2H3,(H,18,19). The zero-order valence-electron chi connectivity index (χ0n) is 12.3. The highest BCUT2D eigenvalue weighted by molar-refractivity contribution is 5.93. The van der Waals surface area contributed by atoms with Crippen LogP contribution in [0.3, 0.4) is 0 Å². The third-order valence-electron chi connectivity index (χ3n) is 3.94. The van der Waals surface area contributed by atoms with E-state index in [0.717, 1.165) is 37.0 Å². The minimum Gasteiger partial charge on any atom is -0.497 e. The first-order valence-electron chi connectivity index (χ1n) is 7.28. The van der Waals surface area contributed by atoms with Crippen LogP contribution >= 0.6 is 0 Å². The Kier molecular flexibility index (Phi) is 5.22. The number of allylic oxidation sites excluding steroid dienone is 1. The zero-order valence-corrected chi connectivity index (χ0v) is 12.3. The average Bonchev–Trinajstić information content (AvgIpc) is 2.53. The second-order valence-electron chi connectivity index (χ2n) is 5.31. The van der Waals surface area contributed by atoms with E-state index in [2.05, 4.69) is 23.5 Å². The van der Waals surface area contributed by atoms with Gasteiger partial charge in [0.25, 0.3) is 0 Å². The van der Waals surface area contributed by atoms with Gasteiger partial charge in [-0.3, -0.25) is 4.79 Å². The second-order valence-corrected chi connectivity index (χ2v) is 5.31. The first-order valence-corrected chi connectivity index (χ1v) is 7.28. The van der Waals surface area contributed by atoms with Crippen LogP contribution in [0, 0.1) is 5.92 Å². The van der Waals surface area contributed by atoms with Crippen LogP contribution in [0.4, 0.5) is 0 Å². The summed E-state index contributed by atoms with van der Waals surface area (Å²) in [6.45, 7) is 0. The monoisotopic (exact) mass is 273 g/mol. The maximum absolute atomic E-state index is 11.7. The first-order chi connectivity index (χ1) is 9.72. The molecule has 0 saturated heterocycles. The molecule has 0 saturated carbocycles. The van der Waals surface area contributed by atoms with Crippen molar-refractivity contribution in [1.82, 2.24) is 5.32 Å². The van der Waals surface area contributed by atoms with Gasteiger partial charge >= 0.3 is 0 Å². The lowest BCUT2D eigenvalue weighted by atomic mass is 9.86. The number of rotatable bonds is 5. The number of benzene rings is 1. The summed E-state index contributed by atoms with van der Waals surface area (Å²) in [5, 5.41) is 2.72. The fourth-order valence-corrected chi connectivity index (χ4v) is 2.73. The van der Waals surface area contributed by atoms with Crippen LogP contribution in [0.2, 0.25) is 0 Å². The third-order valence-corrected chi connectivity index (χ3v) is 3.94. The normalized spacial score (nSPS) is 18.3. The largest absolute Gasteiger partial charge is 0.497 e. The molecule has 0 bridgehead atoms. The molecule has 0 fully saturated rings. The van der Waals surface area contributed by atoms with Gasteiger partial charge in [-0.2, -0.15) is 0 Å². The summed E-state index contributed by atoms with van der Waals surface area (Å²) in [4.78, 5) is 11.7. The van der Waals surface area contributed by atoms with Gasteiger partial charge in [0.1, 0.15) is 5.75 Å². The Balaban J connectivity index is 1.91. The topological polar surface area (TPSA) is 38.3 Å². The Morgan fingerprint density at radius 2 is 2.10 bits per heavy atom. The summed E-state index contributed by atoms with van der Waals surface area (Å²) in [5.74, 6) is 1.51. The average molecular weight is 273 g/mol. The Morgan fingerprint density at radius 1 is 1.35 bits per heavy atom. The highest BCUT2D eigenvalue weighted by Gasteiger charge is 2.17. The summed E-state index contributed by atoms with van der Waals surface area (Å²) in [6, 6.07) is 8.24.